The lowest BCUT2D eigenvalue weighted by molar-refractivity contribution is -0.0527. The number of nitrogen functional groups attached to an aromatic ring is 1. The van der Waals surface area contributed by atoms with Crippen molar-refractivity contribution in [3.05, 3.63) is 23.1 Å². The van der Waals surface area contributed by atoms with Crippen molar-refractivity contribution >= 4 is 23.2 Å². The van der Waals surface area contributed by atoms with E-state index in [4.69, 9.17) is 19.9 Å². The molecule has 1 aliphatic rings. The molecule has 0 bridgehead atoms. The SMILES string of the molecule is C=CCn1c(=O)n([C@@H]2O[C@H](CO)[C@@H](O)[C@H]2O)c2nc(N)nc(OCN(C)C(=O)OCC)c21. The number of imidazole rings is 1. The highest BCUT2D eigenvalue weighted by Crippen LogP contribution is 2.32. The number of aliphatic hydroxyl groups is 3. The number of rotatable bonds is 8. The van der Waals surface area contributed by atoms with Crippen molar-refractivity contribution in [2.24, 2.45) is 0 Å². The lowest BCUT2D eigenvalue weighted by Gasteiger charge is -2.17. The Hall–Kier alpha value is -3.20. The number of ether oxygens (including phenoxy) is 3. The van der Waals surface area contributed by atoms with E-state index in [2.05, 4.69) is 16.5 Å². The van der Waals surface area contributed by atoms with Gasteiger partial charge in [-0.3, -0.25) is 9.47 Å². The van der Waals surface area contributed by atoms with Gasteiger partial charge in [0, 0.05) is 13.6 Å². The van der Waals surface area contributed by atoms with Crippen LogP contribution in [0.2, 0.25) is 0 Å². The monoisotopic (exact) mass is 454 g/mol. The first-order valence-electron chi connectivity index (χ1n) is 9.77. The standard InChI is InChI=1S/C18H26N6O8/c1-4-6-23-10-13(24(17(23)28)15-12(27)11(26)9(7-25)32-15)20-16(19)21-14(10)31-8-22(3)18(29)30-5-2/h4,9,11-12,15,25-27H,1,5-8H2,2-3H3,(H2,19,20,21)/t9-,11-,12-,15-/m1/s1. The fourth-order valence-electron chi connectivity index (χ4n) is 3.33. The molecule has 1 aliphatic heterocycles. The summed E-state index contributed by atoms with van der Waals surface area (Å²) in [5.41, 5.74) is 5.22. The van der Waals surface area contributed by atoms with Gasteiger partial charge in [-0.2, -0.15) is 9.97 Å². The van der Waals surface area contributed by atoms with E-state index < -0.39 is 42.9 Å². The summed E-state index contributed by atoms with van der Waals surface area (Å²) in [5, 5.41) is 29.9. The third kappa shape index (κ3) is 4.12. The highest BCUT2D eigenvalue weighted by atomic mass is 16.6. The van der Waals surface area contributed by atoms with Crippen LogP contribution in [-0.2, 0) is 16.0 Å². The molecule has 14 heteroatoms. The van der Waals surface area contributed by atoms with Gasteiger partial charge in [-0.05, 0) is 6.92 Å². The molecule has 0 radical (unpaired) electrons. The molecule has 0 unspecified atom stereocenters. The van der Waals surface area contributed by atoms with E-state index in [1.54, 1.807) is 6.92 Å². The topological polar surface area (TPSA) is 187 Å². The molecular weight excluding hydrogens is 428 g/mol. The number of nitrogens with zero attached hydrogens (tertiary/aromatic N) is 5. The average Bonchev–Trinajstić information content (AvgIpc) is 3.19. The molecule has 14 nitrogen and oxygen atoms in total. The van der Waals surface area contributed by atoms with E-state index in [9.17, 15) is 24.9 Å². The lowest BCUT2D eigenvalue weighted by Crippen LogP contribution is -2.36. The second-order valence-corrected chi connectivity index (χ2v) is 7.01. The molecule has 1 amide bonds. The van der Waals surface area contributed by atoms with Crippen molar-refractivity contribution in [2.75, 3.05) is 32.7 Å². The Labute approximate surface area is 182 Å². The van der Waals surface area contributed by atoms with Crippen LogP contribution in [0, 0.1) is 0 Å². The van der Waals surface area contributed by atoms with Crippen LogP contribution in [0.1, 0.15) is 13.2 Å². The lowest BCUT2D eigenvalue weighted by atomic mass is 10.1. The number of fused-ring (bicyclic) bond motifs is 1. The Bertz CT molecular complexity index is 1050. The van der Waals surface area contributed by atoms with Crippen LogP contribution in [0.25, 0.3) is 11.2 Å². The first kappa shape index (κ1) is 23.5. The molecule has 1 fully saturated rings. The summed E-state index contributed by atoms with van der Waals surface area (Å²) in [6.45, 7) is 4.65. The number of aromatic nitrogens is 4. The number of carbonyl (C=O) groups is 1. The van der Waals surface area contributed by atoms with Gasteiger partial charge in [0.2, 0.25) is 11.8 Å². The maximum atomic E-state index is 13.2. The second-order valence-electron chi connectivity index (χ2n) is 7.01. The van der Waals surface area contributed by atoms with Gasteiger partial charge in [-0.1, -0.05) is 6.08 Å². The van der Waals surface area contributed by atoms with Crippen molar-refractivity contribution < 1.29 is 34.3 Å². The summed E-state index contributed by atoms with van der Waals surface area (Å²) >= 11 is 0. The van der Waals surface area contributed by atoms with Crippen molar-refractivity contribution in [3.8, 4) is 5.88 Å². The van der Waals surface area contributed by atoms with Crippen molar-refractivity contribution in [1.29, 1.82) is 0 Å². The van der Waals surface area contributed by atoms with Crippen LogP contribution in [0.4, 0.5) is 10.7 Å². The summed E-state index contributed by atoms with van der Waals surface area (Å²) in [7, 11) is 1.45. The molecule has 32 heavy (non-hydrogen) atoms. The van der Waals surface area contributed by atoms with E-state index >= 15 is 0 Å². The summed E-state index contributed by atoms with van der Waals surface area (Å²) in [6, 6.07) is 0. The van der Waals surface area contributed by atoms with Gasteiger partial charge >= 0.3 is 11.8 Å². The van der Waals surface area contributed by atoms with Crippen molar-refractivity contribution in [1.82, 2.24) is 24.0 Å². The Balaban J connectivity index is 2.10. The van der Waals surface area contributed by atoms with Gasteiger partial charge in [-0.25, -0.2) is 14.2 Å². The number of amides is 1. The predicted octanol–water partition coefficient (Wildman–Crippen LogP) is -1.60. The number of anilines is 1. The van der Waals surface area contributed by atoms with Gasteiger partial charge in [0.1, 0.15) is 18.3 Å². The zero-order valence-corrected chi connectivity index (χ0v) is 17.6. The van der Waals surface area contributed by atoms with E-state index in [0.717, 1.165) is 9.47 Å². The van der Waals surface area contributed by atoms with Gasteiger partial charge in [-0.15, -0.1) is 6.58 Å². The van der Waals surface area contributed by atoms with E-state index in [1.807, 2.05) is 0 Å². The van der Waals surface area contributed by atoms with Crippen LogP contribution in [0.5, 0.6) is 5.88 Å². The zero-order valence-electron chi connectivity index (χ0n) is 17.6. The Morgan fingerprint density at radius 3 is 2.69 bits per heavy atom. The Morgan fingerprint density at radius 1 is 1.38 bits per heavy atom. The first-order valence-corrected chi connectivity index (χ1v) is 9.77. The number of carbonyl (C=O) groups excluding carboxylic acids is 1. The smallest absolute Gasteiger partial charge is 0.412 e. The fraction of sp³-hybridized carbons (Fsp3) is 0.556. The van der Waals surface area contributed by atoms with Crippen LogP contribution in [0.3, 0.4) is 0 Å². The number of nitrogens with two attached hydrogens (primary N) is 1. The van der Waals surface area contributed by atoms with Crippen LogP contribution in [-0.4, -0.2) is 90.7 Å². The number of allylic oxidation sites excluding steroid dienone is 1. The van der Waals surface area contributed by atoms with Crippen LogP contribution < -0.4 is 16.2 Å². The molecule has 2 aromatic rings. The minimum Gasteiger partial charge on any atom is -0.454 e. The maximum Gasteiger partial charge on any atom is 0.412 e. The number of hydrogen-bond acceptors (Lipinski definition) is 11. The third-order valence-corrected chi connectivity index (χ3v) is 4.84. The molecule has 3 rings (SSSR count). The number of hydrogen-bond donors (Lipinski definition) is 4. The quantitative estimate of drug-likeness (QED) is 0.266. The van der Waals surface area contributed by atoms with Gasteiger partial charge < -0.3 is 35.3 Å². The molecule has 2 aromatic heterocycles. The molecule has 5 N–H and O–H groups in total. The molecule has 0 aromatic carbocycles. The van der Waals surface area contributed by atoms with E-state index in [-0.39, 0.29) is 42.9 Å². The first-order chi connectivity index (χ1) is 15.2. The maximum absolute atomic E-state index is 13.2. The summed E-state index contributed by atoms with van der Waals surface area (Å²) in [4.78, 5) is 34.3. The Morgan fingerprint density at radius 2 is 2.09 bits per heavy atom. The minimum absolute atomic E-state index is 0.0223. The van der Waals surface area contributed by atoms with Crippen LogP contribution in [0.15, 0.2) is 17.4 Å². The minimum atomic E-state index is -1.52. The molecule has 176 valence electrons. The predicted molar refractivity (Wildman–Crippen MR) is 110 cm³/mol. The van der Waals surface area contributed by atoms with E-state index in [1.165, 1.54) is 17.7 Å². The average molecular weight is 454 g/mol. The second kappa shape index (κ2) is 9.52. The number of aliphatic hydroxyl groups excluding tert-OH is 3. The highest BCUT2D eigenvalue weighted by Gasteiger charge is 2.45. The molecule has 3 heterocycles. The molecule has 4 atom stereocenters. The normalized spacial score (nSPS) is 22.8. The third-order valence-electron chi connectivity index (χ3n) is 4.84. The van der Waals surface area contributed by atoms with E-state index in [0.29, 0.717) is 0 Å². The molecule has 0 saturated carbocycles. The largest absolute Gasteiger partial charge is 0.454 e. The molecular formula is C18H26N6O8. The molecule has 1 saturated heterocycles. The van der Waals surface area contributed by atoms with Crippen LogP contribution >= 0.6 is 0 Å². The zero-order chi connectivity index (χ0) is 23.6. The summed E-state index contributed by atoms with van der Waals surface area (Å²) in [5.74, 6) is -0.351. The van der Waals surface area contributed by atoms with Gasteiger partial charge in [0.05, 0.1) is 13.2 Å². The van der Waals surface area contributed by atoms with Crippen molar-refractivity contribution in [3.63, 3.8) is 0 Å². The van der Waals surface area contributed by atoms with Gasteiger partial charge in [0.15, 0.2) is 24.1 Å². The molecule has 0 spiro atoms. The van der Waals surface area contributed by atoms with Crippen molar-refractivity contribution in [2.45, 2.75) is 38.0 Å². The summed E-state index contributed by atoms with van der Waals surface area (Å²) < 4.78 is 18.2. The summed E-state index contributed by atoms with van der Waals surface area (Å²) in [6.07, 6.45) is -4.59. The Kier molecular flexibility index (Phi) is 6.98. The highest BCUT2D eigenvalue weighted by molar-refractivity contribution is 5.79. The molecule has 0 aliphatic carbocycles. The fourth-order valence-corrected chi connectivity index (χ4v) is 3.33. The van der Waals surface area contributed by atoms with Gasteiger partial charge in [0.25, 0.3) is 0 Å².